The molecule has 34 heavy (non-hydrogen) atoms. The molecule has 8 heteroatoms. The molecule has 3 aromatic heterocycles. The van der Waals surface area contributed by atoms with Crippen molar-refractivity contribution in [2.75, 3.05) is 14.2 Å². The van der Waals surface area contributed by atoms with Crippen LogP contribution >= 0.6 is 0 Å². The van der Waals surface area contributed by atoms with Crippen LogP contribution in [0.1, 0.15) is 26.1 Å². The van der Waals surface area contributed by atoms with E-state index >= 15 is 0 Å². The smallest absolute Gasteiger partial charge is 0.265 e. The summed E-state index contributed by atoms with van der Waals surface area (Å²) < 4.78 is 14.7. The third-order valence-electron chi connectivity index (χ3n) is 6.11. The maximum atomic E-state index is 13.8. The van der Waals surface area contributed by atoms with E-state index in [0.29, 0.717) is 57.7 Å². The Morgan fingerprint density at radius 2 is 1.68 bits per heavy atom. The van der Waals surface area contributed by atoms with E-state index in [9.17, 15) is 4.79 Å². The molecule has 0 saturated heterocycles. The lowest BCUT2D eigenvalue weighted by Gasteiger charge is -2.14. The highest BCUT2D eigenvalue weighted by Gasteiger charge is 2.24. The van der Waals surface area contributed by atoms with E-state index < -0.39 is 0 Å². The lowest BCUT2D eigenvalue weighted by molar-refractivity contribution is 0.402. The number of methoxy groups -OCH3 is 2. The van der Waals surface area contributed by atoms with Crippen molar-refractivity contribution in [2.45, 2.75) is 33.7 Å². The minimum absolute atomic E-state index is 0.113. The van der Waals surface area contributed by atoms with Crippen molar-refractivity contribution >= 4 is 33.2 Å². The molecule has 0 unspecified atom stereocenters. The first-order chi connectivity index (χ1) is 16.4. The van der Waals surface area contributed by atoms with Gasteiger partial charge in [0.05, 0.1) is 30.9 Å². The number of hydrogen-bond acceptors (Lipinski definition) is 6. The minimum atomic E-state index is -0.113. The summed E-state index contributed by atoms with van der Waals surface area (Å²) in [4.78, 5) is 28.5. The van der Waals surface area contributed by atoms with E-state index in [1.807, 2.05) is 54.0 Å². The van der Waals surface area contributed by atoms with Crippen LogP contribution in [-0.2, 0) is 6.54 Å². The van der Waals surface area contributed by atoms with Crippen molar-refractivity contribution in [1.29, 1.82) is 0 Å². The summed E-state index contributed by atoms with van der Waals surface area (Å²) in [6, 6.07) is 13.2. The fourth-order valence-electron chi connectivity index (χ4n) is 4.28. The molecule has 0 spiro atoms. The SMILES string of the molecule is COc1ccc(OC)c(-n2c3nc4ccccc4nc3c3c(=O)n(CCC(C)C)c(C)nc32)c1. The Hall–Kier alpha value is -3.94. The van der Waals surface area contributed by atoms with Gasteiger partial charge in [-0.2, -0.15) is 0 Å². The predicted octanol–water partition coefficient (Wildman–Crippen LogP) is 4.66. The van der Waals surface area contributed by atoms with Gasteiger partial charge in [-0.25, -0.2) is 15.0 Å². The molecule has 0 aliphatic rings. The number of nitrogens with zero attached hydrogens (tertiary/aromatic N) is 5. The van der Waals surface area contributed by atoms with Gasteiger partial charge in [-0.05, 0) is 43.5 Å². The summed E-state index contributed by atoms with van der Waals surface area (Å²) >= 11 is 0. The Balaban J connectivity index is 1.95. The van der Waals surface area contributed by atoms with Gasteiger partial charge in [-0.1, -0.05) is 26.0 Å². The quantitative estimate of drug-likeness (QED) is 0.369. The third-order valence-corrected chi connectivity index (χ3v) is 6.11. The Morgan fingerprint density at radius 1 is 0.941 bits per heavy atom. The molecule has 2 aromatic carbocycles. The van der Waals surface area contributed by atoms with Crippen LogP contribution in [0.4, 0.5) is 0 Å². The molecule has 0 saturated carbocycles. The third kappa shape index (κ3) is 3.46. The average molecular weight is 458 g/mol. The number of benzene rings is 2. The number of aromatic nitrogens is 5. The van der Waals surface area contributed by atoms with Crippen LogP contribution in [-0.4, -0.2) is 38.3 Å². The van der Waals surface area contributed by atoms with Gasteiger partial charge in [-0.3, -0.25) is 13.9 Å². The second-order valence-corrected chi connectivity index (χ2v) is 8.75. The van der Waals surface area contributed by atoms with Crippen LogP contribution in [0.15, 0.2) is 47.3 Å². The number of aryl methyl sites for hydroxylation is 1. The van der Waals surface area contributed by atoms with Gasteiger partial charge in [0.1, 0.15) is 28.2 Å². The van der Waals surface area contributed by atoms with E-state index in [4.69, 9.17) is 24.4 Å². The van der Waals surface area contributed by atoms with Gasteiger partial charge in [0.2, 0.25) is 0 Å². The zero-order valence-electron chi connectivity index (χ0n) is 20.0. The summed E-state index contributed by atoms with van der Waals surface area (Å²) in [5.74, 6) is 2.38. The Labute approximate surface area is 196 Å². The summed E-state index contributed by atoms with van der Waals surface area (Å²) in [7, 11) is 3.22. The molecular formula is C26H27N5O3. The number of ether oxygens (including phenoxy) is 2. The minimum Gasteiger partial charge on any atom is -0.497 e. The van der Waals surface area contributed by atoms with Gasteiger partial charge < -0.3 is 9.47 Å². The normalized spacial score (nSPS) is 11.7. The van der Waals surface area contributed by atoms with Gasteiger partial charge in [0, 0.05) is 12.6 Å². The largest absolute Gasteiger partial charge is 0.497 e. The van der Waals surface area contributed by atoms with Crippen molar-refractivity contribution in [3.05, 3.63) is 58.6 Å². The summed E-state index contributed by atoms with van der Waals surface area (Å²) in [5, 5.41) is 0.451. The van der Waals surface area contributed by atoms with Crippen molar-refractivity contribution < 1.29 is 9.47 Å². The average Bonchev–Trinajstić information content (AvgIpc) is 3.14. The number of fused-ring (bicyclic) bond motifs is 4. The van der Waals surface area contributed by atoms with Crippen LogP contribution in [0.3, 0.4) is 0 Å². The maximum Gasteiger partial charge on any atom is 0.265 e. The molecule has 0 N–H and O–H groups in total. The molecule has 0 radical (unpaired) electrons. The van der Waals surface area contributed by atoms with E-state index in [2.05, 4.69) is 13.8 Å². The first kappa shape index (κ1) is 21.9. The van der Waals surface area contributed by atoms with E-state index in [1.54, 1.807) is 18.8 Å². The second kappa shape index (κ2) is 8.44. The molecular weight excluding hydrogens is 430 g/mol. The number of hydrogen-bond donors (Lipinski definition) is 0. The topological polar surface area (TPSA) is 84.1 Å². The molecule has 0 atom stereocenters. The second-order valence-electron chi connectivity index (χ2n) is 8.75. The zero-order valence-corrected chi connectivity index (χ0v) is 20.0. The number of rotatable bonds is 6. The molecule has 174 valence electrons. The molecule has 0 fully saturated rings. The molecule has 0 aliphatic carbocycles. The Kier molecular flexibility index (Phi) is 5.43. The highest BCUT2D eigenvalue weighted by Crippen LogP contribution is 2.34. The van der Waals surface area contributed by atoms with E-state index in [-0.39, 0.29) is 5.56 Å². The van der Waals surface area contributed by atoms with Crippen molar-refractivity contribution in [2.24, 2.45) is 5.92 Å². The number of para-hydroxylation sites is 2. The van der Waals surface area contributed by atoms with Gasteiger partial charge in [0.25, 0.3) is 5.56 Å². The standard InChI is InChI=1S/C26H27N5O3/c1-15(2)12-13-30-16(3)27-24-22(26(30)32)23-25(29-19-9-7-6-8-18(19)28-23)31(24)20-14-17(33-4)10-11-21(20)34-5/h6-11,14-15H,12-13H2,1-5H3. The molecule has 5 rings (SSSR count). The van der Waals surface area contributed by atoms with E-state index in [0.717, 1.165) is 17.5 Å². The Bertz CT molecular complexity index is 1600. The zero-order chi connectivity index (χ0) is 24.0. The fourth-order valence-corrected chi connectivity index (χ4v) is 4.28. The summed E-state index contributed by atoms with van der Waals surface area (Å²) in [6.07, 6.45) is 0.880. The van der Waals surface area contributed by atoms with Crippen LogP contribution in [0, 0.1) is 12.8 Å². The fraction of sp³-hybridized carbons (Fsp3) is 0.308. The Morgan fingerprint density at radius 3 is 2.35 bits per heavy atom. The summed E-state index contributed by atoms with van der Waals surface area (Å²) in [6.45, 7) is 6.75. The van der Waals surface area contributed by atoms with Gasteiger partial charge in [0.15, 0.2) is 11.3 Å². The first-order valence-corrected chi connectivity index (χ1v) is 11.3. The van der Waals surface area contributed by atoms with Crippen molar-refractivity contribution in [3.8, 4) is 17.2 Å². The van der Waals surface area contributed by atoms with Crippen LogP contribution in [0.5, 0.6) is 11.5 Å². The highest BCUT2D eigenvalue weighted by molar-refractivity contribution is 6.06. The first-order valence-electron chi connectivity index (χ1n) is 11.3. The van der Waals surface area contributed by atoms with E-state index in [1.165, 1.54) is 0 Å². The molecule has 8 nitrogen and oxygen atoms in total. The van der Waals surface area contributed by atoms with Gasteiger partial charge in [-0.15, -0.1) is 0 Å². The van der Waals surface area contributed by atoms with Crippen LogP contribution in [0.2, 0.25) is 0 Å². The van der Waals surface area contributed by atoms with Crippen molar-refractivity contribution in [1.82, 2.24) is 24.1 Å². The molecule has 0 aliphatic heterocycles. The highest BCUT2D eigenvalue weighted by atomic mass is 16.5. The lowest BCUT2D eigenvalue weighted by Crippen LogP contribution is -2.24. The van der Waals surface area contributed by atoms with Crippen molar-refractivity contribution in [3.63, 3.8) is 0 Å². The van der Waals surface area contributed by atoms with Crippen LogP contribution in [0.25, 0.3) is 38.9 Å². The predicted molar refractivity (Wildman–Crippen MR) is 133 cm³/mol. The lowest BCUT2D eigenvalue weighted by atomic mass is 10.1. The molecule has 0 amide bonds. The monoisotopic (exact) mass is 457 g/mol. The molecule has 5 aromatic rings. The maximum absolute atomic E-state index is 13.8. The molecule has 3 heterocycles. The van der Waals surface area contributed by atoms with Gasteiger partial charge >= 0.3 is 0 Å². The molecule has 0 bridgehead atoms. The van der Waals surface area contributed by atoms with Crippen LogP contribution < -0.4 is 15.0 Å². The summed E-state index contributed by atoms with van der Waals surface area (Å²) in [5.41, 5.74) is 3.59.